The van der Waals surface area contributed by atoms with Gasteiger partial charge in [-0.05, 0) is 4.33 Å². The molecule has 0 amide bonds. The molecule has 1 aromatic rings. The molecule has 10 heteroatoms. The summed E-state index contributed by atoms with van der Waals surface area (Å²) in [5, 5.41) is 18.0. The molecule has 90 valence electrons. The van der Waals surface area contributed by atoms with Gasteiger partial charge in [-0.2, -0.15) is 13.2 Å². The molecule has 0 aromatic carbocycles. The highest BCUT2D eigenvalue weighted by Gasteiger charge is 2.16. The fourth-order valence-corrected chi connectivity index (χ4v) is 0.854. The smallest absolute Gasteiger partial charge is 0.492 e. The molecule has 0 unspecified atom stereocenters. The molecule has 9 nitrogen and oxygen atoms in total. The standard InChI is InChI=1S/C6H7NO8S/c1-16(11,12)15-14-6(10)13-7-4(8)2-3-5(7)9/h2-3,8-9H,1H3. The Hall–Kier alpha value is -1.94. The molecule has 0 saturated heterocycles. The van der Waals surface area contributed by atoms with E-state index in [1.54, 1.807) is 0 Å². The molecule has 16 heavy (non-hydrogen) atoms. The van der Waals surface area contributed by atoms with Crippen LogP contribution in [-0.4, -0.2) is 35.8 Å². The van der Waals surface area contributed by atoms with Gasteiger partial charge in [0, 0.05) is 12.1 Å². The number of carbonyl (C=O) groups excluding carboxylic acids is 1. The van der Waals surface area contributed by atoms with E-state index in [0.29, 0.717) is 11.0 Å². The lowest BCUT2D eigenvalue weighted by Crippen LogP contribution is -2.21. The SMILES string of the molecule is CS(=O)(=O)OOC(=O)On1c(O)ccc1O. The second kappa shape index (κ2) is 4.28. The third-order valence-corrected chi connectivity index (χ3v) is 1.50. The molecule has 0 aliphatic rings. The Morgan fingerprint density at radius 2 is 1.81 bits per heavy atom. The van der Waals surface area contributed by atoms with E-state index in [1.807, 2.05) is 0 Å². The first-order valence-electron chi connectivity index (χ1n) is 3.67. The van der Waals surface area contributed by atoms with E-state index < -0.39 is 28.0 Å². The minimum atomic E-state index is -3.98. The van der Waals surface area contributed by atoms with E-state index >= 15 is 0 Å². The topological polar surface area (TPSA) is 124 Å². The molecule has 0 saturated carbocycles. The summed E-state index contributed by atoms with van der Waals surface area (Å²) in [5.41, 5.74) is 0. The van der Waals surface area contributed by atoms with E-state index in [1.165, 1.54) is 0 Å². The largest absolute Gasteiger partial charge is 0.567 e. The minimum absolute atomic E-state index is 0.300. The first-order chi connectivity index (χ1) is 7.29. The van der Waals surface area contributed by atoms with Crippen LogP contribution in [-0.2, 0) is 19.3 Å². The van der Waals surface area contributed by atoms with Crippen molar-refractivity contribution in [1.29, 1.82) is 0 Å². The Morgan fingerprint density at radius 1 is 1.31 bits per heavy atom. The normalized spacial score (nSPS) is 11.1. The Morgan fingerprint density at radius 3 is 2.25 bits per heavy atom. The molecule has 1 aromatic heterocycles. The molecule has 0 fully saturated rings. The van der Waals surface area contributed by atoms with Crippen molar-refractivity contribution in [3.8, 4) is 11.8 Å². The molecule has 2 N–H and O–H groups in total. The van der Waals surface area contributed by atoms with Crippen molar-refractivity contribution in [3.63, 3.8) is 0 Å². The summed E-state index contributed by atoms with van der Waals surface area (Å²) >= 11 is 0. The molecular formula is C6H7NO8S. The summed E-state index contributed by atoms with van der Waals surface area (Å²) in [7, 11) is -3.98. The average molecular weight is 253 g/mol. The second-order valence-corrected chi connectivity index (χ2v) is 4.09. The van der Waals surface area contributed by atoms with Crippen LogP contribution in [0.1, 0.15) is 0 Å². The highest BCUT2D eigenvalue weighted by molar-refractivity contribution is 7.85. The lowest BCUT2D eigenvalue weighted by atomic mass is 10.6. The fourth-order valence-electron chi connectivity index (χ4n) is 0.675. The zero-order valence-corrected chi connectivity index (χ0v) is 8.67. The fraction of sp³-hybridized carbons (Fsp3) is 0.167. The number of nitrogens with zero attached hydrogens (tertiary/aromatic N) is 1. The number of hydrogen-bond donors (Lipinski definition) is 2. The van der Waals surface area contributed by atoms with E-state index in [9.17, 15) is 13.2 Å². The number of carbonyl (C=O) groups is 1. The quantitative estimate of drug-likeness (QED) is 0.538. The van der Waals surface area contributed by atoms with E-state index in [-0.39, 0.29) is 0 Å². The molecular weight excluding hydrogens is 246 g/mol. The van der Waals surface area contributed by atoms with Crippen molar-refractivity contribution in [3.05, 3.63) is 12.1 Å². The molecule has 1 rings (SSSR count). The lowest BCUT2D eigenvalue weighted by molar-refractivity contribution is -0.164. The number of aromatic hydroxyl groups is 2. The van der Waals surface area contributed by atoms with Crippen LogP contribution in [0.2, 0.25) is 0 Å². The molecule has 0 aliphatic heterocycles. The van der Waals surface area contributed by atoms with Crippen molar-refractivity contribution in [1.82, 2.24) is 4.73 Å². The summed E-state index contributed by atoms with van der Waals surface area (Å²) in [5.74, 6) is -1.18. The highest BCUT2D eigenvalue weighted by Crippen LogP contribution is 2.18. The molecule has 0 spiro atoms. The van der Waals surface area contributed by atoms with Crippen LogP contribution in [0.3, 0.4) is 0 Å². The predicted molar refractivity (Wildman–Crippen MR) is 46.8 cm³/mol. The minimum Gasteiger partial charge on any atom is -0.492 e. The van der Waals surface area contributed by atoms with Crippen LogP contribution in [0.15, 0.2) is 12.1 Å². The van der Waals surface area contributed by atoms with Gasteiger partial charge in [-0.15, -0.1) is 4.73 Å². The second-order valence-electron chi connectivity index (χ2n) is 2.54. The van der Waals surface area contributed by atoms with Gasteiger partial charge in [0.1, 0.15) is 0 Å². The van der Waals surface area contributed by atoms with Gasteiger partial charge in [0.05, 0.1) is 6.26 Å². The maximum absolute atomic E-state index is 10.8. The van der Waals surface area contributed by atoms with Crippen molar-refractivity contribution in [2.75, 3.05) is 6.26 Å². The van der Waals surface area contributed by atoms with E-state index in [2.05, 4.69) is 14.1 Å². The Kier molecular flexibility index (Phi) is 3.25. The lowest BCUT2D eigenvalue weighted by Gasteiger charge is -2.04. The summed E-state index contributed by atoms with van der Waals surface area (Å²) < 4.78 is 24.8. The van der Waals surface area contributed by atoms with Crippen LogP contribution < -0.4 is 4.84 Å². The van der Waals surface area contributed by atoms with E-state index in [4.69, 9.17) is 10.2 Å². The highest BCUT2D eigenvalue weighted by atomic mass is 32.2. The molecule has 0 radical (unpaired) electrons. The third kappa shape index (κ3) is 3.33. The summed E-state index contributed by atoms with van der Waals surface area (Å²) in [6, 6.07) is 2.06. The van der Waals surface area contributed by atoms with Crippen LogP contribution in [0.5, 0.6) is 11.8 Å². The molecule has 1 heterocycles. The average Bonchev–Trinajstić information content (AvgIpc) is 2.45. The summed E-state index contributed by atoms with van der Waals surface area (Å²) in [6.07, 6.45) is -0.947. The monoisotopic (exact) mass is 253 g/mol. The maximum atomic E-state index is 10.8. The van der Waals surface area contributed by atoms with Gasteiger partial charge < -0.3 is 10.2 Å². The number of aromatic nitrogens is 1. The first-order valence-corrected chi connectivity index (χ1v) is 5.49. The van der Waals surface area contributed by atoms with Crippen LogP contribution in [0.25, 0.3) is 0 Å². The molecule has 0 bridgehead atoms. The van der Waals surface area contributed by atoms with Crippen molar-refractivity contribution >= 4 is 16.3 Å². The van der Waals surface area contributed by atoms with Crippen molar-refractivity contribution in [2.24, 2.45) is 0 Å². The van der Waals surface area contributed by atoms with Gasteiger partial charge in [-0.25, -0.2) is 4.89 Å². The van der Waals surface area contributed by atoms with Gasteiger partial charge >= 0.3 is 6.16 Å². The zero-order chi connectivity index (χ0) is 12.3. The zero-order valence-electron chi connectivity index (χ0n) is 7.85. The number of hydrogen-bond acceptors (Lipinski definition) is 8. The summed E-state index contributed by atoms with van der Waals surface area (Å²) in [4.78, 5) is 18.7. The van der Waals surface area contributed by atoms with Crippen LogP contribution >= 0.6 is 0 Å². The van der Waals surface area contributed by atoms with Crippen LogP contribution in [0.4, 0.5) is 4.79 Å². The Bertz CT molecular complexity index is 469. The molecule has 0 aliphatic carbocycles. The first kappa shape index (κ1) is 12.1. The predicted octanol–water partition coefficient (Wildman–Crippen LogP) is -0.644. The maximum Gasteiger partial charge on any atom is 0.567 e. The van der Waals surface area contributed by atoms with Crippen LogP contribution in [0, 0.1) is 0 Å². The summed E-state index contributed by atoms with van der Waals surface area (Å²) in [6.45, 7) is 0. The van der Waals surface area contributed by atoms with Gasteiger partial charge in [0.25, 0.3) is 10.1 Å². The van der Waals surface area contributed by atoms with Gasteiger partial charge in [-0.1, -0.05) is 0 Å². The van der Waals surface area contributed by atoms with Gasteiger partial charge in [0.2, 0.25) is 11.8 Å². The third-order valence-electron chi connectivity index (χ3n) is 1.19. The number of rotatable bonds is 3. The molecule has 0 atom stereocenters. The Balaban J connectivity index is 2.59. The van der Waals surface area contributed by atoms with Crippen molar-refractivity contribution in [2.45, 2.75) is 0 Å². The van der Waals surface area contributed by atoms with Crippen molar-refractivity contribution < 1.29 is 37.5 Å². The van der Waals surface area contributed by atoms with E-state index in [0.717, 1.165) is 12.1 Å². The Labute approximate surface area is 89.4 Å². The van der Waals surface area contributed by atoms with Gasteiger partial charge in [0.15, 0.2) is 0 Å². The van der Waals surface area contributed by atoms with Gasteiger partial charge in [-0.3, -0.25) is 4.84 Å².